The zero-order chi connectivity index (χ0) is 20.6. The molecule has 0 radical (unpaired) electrons. The number of β-lactam (4-membered cyclic amide) rings is 1. The van der Waals surface area contributed by atoms with Crippen molar-refractivity contribution >= 4 is 36.0 Å². The molecule has 2 fully saturated rings. The first-order valence-electron chi connectivity index (χ1n) is 9.68. The minimum atomic E-state index is -1.21. The van der Waals surface area contributed by atoms with Crippen molar-refractivity contribution in [2.75, 3.05) is 6.54 Å². The highest BCUT2D eigenvalue weighted by Crippen LogP contribution is 2.54. The van der Waals surface area contributed by atoms with Gasteiger partial charge in [-0.1, -0.05) is 72.8 Å². The molecule has 5 nitrogen and oxygen atoms in total. The van der Waals surface area contributed by atoms with Crippen molar-refractivity contribution in [1.82, 2.24) is 4.90 Å². The fraction of sp³-hybridized carbons (Fsp3) is 0.304. The molecule has 0 bridgehead atoms. The molecule has 2 aliphatic heterocycles. The van der Waals surface area contributed by atoms with E-state index in [0.717, 1.165) is 11.1 Å². The van der Waals surface area contributed by atoms with Gasteiger partial charge in [-0.05, 0) is 18.1 Å². The molecule has 0 spiro atoms. The summed E-state index contributed by atoms with van der Waals surface area (Å²) in [5.74, 6) is -1.25. The molecule has 3 N–H and O–H groups in total. The van der Waals surface area contributed by atoms with Crippen LogP contribution in [0.1, 0.15) is 24.0 Å². The number of carboxylic acids is 1. The van der Waals surface area contributed by atoms with Crippen LogP contribution in [0.15, 0.2) is 72.8 Å². The van der Waals surface area contributed by atoms with E-state index >= 15 is 0 Å². The Kier molecular flexibility index (Phi) is 6.60. The first-order chi connectivity index (χ1) is 14.0. The number of amides is 1. The van der Waals surface area contributed by atoms with Crippen LogP contribution in [0.4, 0.5) is 0 Å². The van der Waals surface area contributed by atoms with E-state index in [2.05, 4.69) is 0 Å². The number of benzene rings is 2. The zero-order valence-corrected chi connectivity index (χ0v) is 18.2. The SMILES string of the molecule is CC=CC1(C(=O)O)CN2C(=O)C(N)[C@H]2SC1C(c1ccccc1)c1ccccc1.Cl. The third-order valence-corrected chi connectivity index (χ3v) is 7.70. The Morgan fingerprint density at radius 2 is 1.70 bits per heavy atom. The van der Waals surface area contributed by atoms with E-state index in [1.54, 1.807) is 17.1 Å². The summed E-state index contributed by atoms with van der Waals surface area (Å²) >= 11 is 1.51. The number of carbonyl (C=O) groups excluding carboxylic acids is 1. The van der Waals surface area contributed by atoms with Crippen LogP contribution in [-0.2, 0) is 9.59 Å². The Balaban J connectivity index is 0.00000256. The predicted molar refractivity (Wildman–Crippen MR) is 122 cm³/mol. The summed E-state index contributed by atoms with van der Waals surface area (Å²) in [5, 5.41) is 9.87. The molecule has 2 heterocycles. The molecule has 0 saturated carbocycles. The van der Waals surface area contributed by atoms with Crippen LogP contribution in [0.2, 0.25) is 0 Å². The third-order valence-electron chi connectivity index (χ3n) is 5.89. The minimum absolute atomic E-state index is 0. The summed E-state index contributed by atoms with van der Waals surface area (Å²) in [6.45, 7) is 1.96. The Morgan fingerprint density at radius 3 is 2.17 bits per heavy atom. The van der Waals surface area contributed by atoms with Gasteiger partial charge in [0.2, 0.25) is 5.91 Å². The van der Waals surface area contributed by atoms with Gasteiger partial charge in [0.05, 0.1) is 0 Å². The lowest BCUT2D eigenvalue weighted by Crippen LogP contribution is -2.73. The fourth-order valence-corrected chi connectivity index (χ4v) is 6.34. The van der Waals surface area contributed by atoms with E-state index < -0.39 is 17.4 Å². The average Bonchev–Trinajstić information content (AvgIpc) is 2.75. The zero-order valence-electron chi connectivity index (χ0n) is 16.5. The summed E-state index contributed by atoms with van der Waals surface area (Å²) in [7, 11) is 0. The molecule has 0 aliphatic carbocycles. The van der Waals surface area contributed by atoms with Gasteiger partial charge in [0.25, 0.3) is 0 Å². The largest absolute Gasteiger partial charge is 0.481 e. The van der Waals surface area contributed by atoms with Crippen molar-refractivity contribution in [1.29, 1.82) is 0 Å². The van der Waals surface area contributed by atoms with Gasteiger partial charge in [0.1, 0.15) is 16.8 Å². The van der Waals surface area contributed by atoms with E-state index in [0.29, 0.717) is 0 Å². The lowest BCUT2D eigenvalue weighted by atomic mass is 9.72. The van der Waals surface area contributed by atoms with Crippen molar-refractivity contribution in [3.63, 3.8) is 0 Å². The molecule has 2 aliphatic rings. The van der Waals surface area contributed by atoms with Crippen molar-refractivity contribution in [3.8, 4) is 0 Å². The van der Waals surface area contributed by atoms with Crippen LogP contribution >= 0.6 is 24.2 Å². The van der Waals surface area contributed by atoms with Crippen molar-refractivity contribution in [2.45, 2.75) is 29.5 Å². The van der Waals surface area contributed by atoms with Crippen molar-refractivity contribution in [2.24, 2.45) is 11.1 Å². The van der Waals surface area contributed by atoms with E-state index in [-0.39, 0.29) is 41.4 Å². The van der Waals surface area contributed by atoms with Gasteiger partial charge in [-0.15, -0.1) is 24.2 Å². The molecule has 158 valence electrons. The molecule has 2 saturated heterocycles. The maximum absolute atomic E-state index is 12.7. The van der Waals surface area contributed by atoms with Gasteiger partial charge in [0.15, 0.2) is 0 Å². The molecule has 0 aromatic heterocycles. The predicted octanol–water partition coefficient (Wildman–Crippen LogP) is 3.50. The molecule has 1 amide bonds. The van der Waals surface area contributed by atoms with E-state index in [1.165, 1.54) is 11.8 Å². The number of fused-ring (bicyclic) bond motifs is 1. The second-order valence-corrected chi connectivity index (χ2v) is 8.85. The molecular formula is C23H25ClN2O3S. The number of allylic oxidation sites excluding steroid dienone is 1. The second-order valence-electron chi connectivity index (χ2n) is 7.58. The standard InChI is InChI=1S/C23H24N2O3S.ClH/c1-2-13-23(22(27)28)14-25-20(26)18(24)21(25)29-19(23)17(15-9-5-3-6-10-15)16-11-7-4-8-12-16;/h2-13,17-19,21H,14,24H2,1H3,(H,27,28);1H/t18?,19?,21-,23?;/m1./s1. The summed E-state index contributed by atoms with van der Waals surface area (Å²) in [6, 6.07) is 19.4. The first kappa shape index (κ1) is 22.4. The van der Waals surface area contributed by atoms with Gasteiger partial charge in [-0.25, -0.2) is 0 Å². The van der Waals surface area contributed by atoms with Crippen LogP contribution in [0.25, 0.3) is 0 Å². The highest BCUT2D eigenvalue weighted by molar-refractivity contribution is 8.00. The Labute approximate surface area is 186 Å². The highest BCUT2D eigenvalue weighted by Gasteiger charge is 2.61. The van der Waals surface area contributed by atoms with Gasteiger partial charge >= 0.3 is 5.97 Å². The number of halogens is 1. The molecule has 3 unspecified atom stereocenters. The Bertz CT molecular complexity index is 900. The van der Waals surface area contributed by atoms with Crippen molar-refractivity contribution in [3.05, 3.63) is 83.9 Å². The number of nitrogens with two attached hydrogens (primary N) is 1. The molecule has 2 aromatic rings. The van der Waals surface area contributed by atoms with Gasteiger partial charge in [0, 0.05) is 17.7 Å². The summed E-state index contributed by atoms with van der Waals surface area (Å²) in [4.78, 5) is 26.6. The second kappa shape index (κ2) is 8.84. The quantitative estimate of drug-likeness (QED) is 0.544. The number of nitrogens with zero attached hydrogens (tertiary/aromatic N) is 1. The molecular weight excluding hydrogens is 420 g/mol. The number of carboxylic acid groups (broad SMARTS) is 1. The molecule has 4 rings (SSSR count). The van der Waals surface area contributed by atoms with Gasteiger partial charge in [-0.2, -0.15) is 0 Å². The molecule has 7 heteroatoms. The first-order valence-corrected chi connectivity index (χ1v) is 10.6. The normalized spacial score (nSPS) is 28.0. The number of rotatable bonds is 5. The van der Waals surface area contributed by atoms with E-state index in [4.69, 9.17) is 5.73 Å². The minimum Gasteiger partial charge on any atom is -0.481 e. The highest BCUT2D eigenvalue weighted by atomic mass is 35.5. The number of carbonyl (C=O) groups is 2. The monoisotopic (exact) mass is 444 g/mol. The lowest BCUT2D eigenvalue weighted by molar-refractivity contribution is -0.155. The number of hydrogen-bond acceptors (Lipinski definition) is 4. The van der Waals surface area contributed by atoms with Crippen LogP contribution in [0.5, 0.6) is 0 Å². The average molecular weight is 445 g/mol. The molecule has 4 atom stereocenters. The Hall–Kier alpha value is -2.28. The summed E-state index contributed by atoms with van der Waals surface area (Å²) in [5.41, 5.74) is 6.98. The Morgan fingerprint density at radius 1 is 1.17 bits per heavy atom. The molecule has 2 aromatic carbocycles. The maximum Gasteiger partial charge on any atom is 0.316 e. The lowest BCUT2D eigenvalue weighted by Gasteiger charge is -2.56. The smallest absolute Gasteiger partial charge is 0.316 e. The summed E-state index contributed by atoms with van der Waals surface area (Å²) in [6.07, 6.45) is 3.53. The van der Waals surface area contributed by atoms with Crippen molar-refractivity contribution < 1.29 is 14.7 Å². The third kappa shape index (κ3) is 3.53. The van der Waals surface area contributed by atoms with Crippen LogP contribution in [0.3, 0.4) is 0 Å². The maximum atomic E-state index is 12.7. The number of thioether (sulfide) groups is 1. The number of hydrogen-bond donors (Lipinski definition) is 2. The van der Waals surface area contributed by atoms with Gasteiger partial charge < -0.3 is 15.7 Å². The van der Waals surface area contributed by atoms with Crippen LogP contribution in [-0.4, -0.2) is 45.1 Å². The van der Waals surface area contributed by atoms with Gasteiger partial charge in [-0.3, -0.25) is 9.59 Å². The fourth-order valence-electron chi connectivity index (χ4n) is 4.46. The van der Waals surface area contributed by atoms with Crippen LogP contribution < -0.4 is 5.73 Å². The van der Waals surface area contributed by atoms with E-state index in [1.807, 2.05) is 67.6 Å². The topological polar surface area (TPSA) is 83.6 Å². The van der Waals surface area contributed by atoms with Crippen LogP contribution in [0, 0.1) is 5.41 Å². The number of aliphatic carboxylic acids is 1. The molecule has 30 heavy (non-hydrogen) atoms. The van der Waals surface area contributed by atoms with E-state index in [9.17, 15) is 14.7 Å². The summed E-state index contributed by atoms with van der Waals surface area (Å²) < 4.78 is 0.